The predicted molar refractivity (Wildman–Crippen MR) is 54.5 cm³/mol. The largest absolute Gasteiger partial charge is 0.465 e. The normalized spacial score (nSPS) is 9.77. The van der Waals surface area contributed by atoms with E-state index in [1.807, 2.05) is 0 Å². The fraction of sp³-hybridized carbons (Fsp3) is 0.125. The first kappa shape index (κ1) is 10.7. The SMILES string of the molecule is COC(=O)c1cccc(SCl)c1Cl. The lowest BCUT2D eigenvalue weighted by atomic mass is 10.2. The van der Waals surface area contributed by atoms with Crippen molar-refractivity contribution in [3.8, 4) is 0 Å². The van der Waals surface area contributed by atoms with Crippen molar-refractivity contribution in [2.24, 2.45) is 0 Å². The number of carbonyl (C=O) groups excluding carboxylic acids is 1. The number of carbonyl (C=O) groups is 1. The maximum Gasteiger partial charge on any atom is 0.339 e. The topological polar surface area (TPSA) is 26.3 Å². The van der Waals surface area contributed by atoms with E-state index >= 15 is 0 Å². The van der Waals surface area contributed by atoms with Crippen LogP contribution >= 0.6 is 33.3 Å². The van der Waals surface area contributed by atoms with Crippen molar-refractivity contribution >= 4 is 39.2 Å². The molecule has 0 heterocycles. The molecule has 70 valence electrons. The van der Waals surface area contributed by atoms with Crippen LogP contribution in [0.2, 0.25) is 5.02 Å². The molecule has 0 aliphatic rings. The summed E-state index contributed by atoms with van der Waals surface area (Å²) < 4.78 is 4.54. The lowest BCUT2D eigenvalue weighted by molar-refractivity contribution is 0.0600. The molecule has 0 radical (unpaired) electrons. The third-order valence-electron chi connectivity index (χ3n) is 1.45. The van der Waals surface area contributed by atoms with Gasteiger partial charge < -0.3 is 4.74 Å². The average molecular weight is 237 g/mol. The van der Waals surface area contributed by atoms with Gasteiger partial charge in [0.2, 0.25) is 0 Å². The highest BCUT2D eigenvalue weighted by Crippen LogP contribution is 2.32. The van der Waals surface area contributed by atoms with Gasteiger partial charge in [0.15, 0.2) is 0 Å². The van der Waals surface area contributed by atoms with Crippen molar-refractivity contribution in [1.82, 2.24) is 0 Å². The van der Waals surface area contributed by atoms with Gasteiger partial charge in [-0.2, -0.15) is 0 Å². The number of esters is 1. The van der Waals surface area contributed by atoms with Crippen molar-refractivity contribution in [1.29, 1.82) is 0 Å². The summed E-state index contributed by atoms with van der Waals surface area (Å²) in [6, 6.07) is 5.01. The number of hydrogen-bond donors (Lipinski definition) is 0. The van der Waals surface area contributed by atoms with E-state index in [4.69, 9.17) is 22.3 Å². The Morgan fingerprint density at radius 1 is 1.54 bits per heavy atom. The van der Waals surface area contributed by atoms with E-state index in [2.05, 4.69) is 4.74 Å². The third-order valence-corrected chi connectivity index (χ3v) is 2.98. The molecule has 0 aliphatic carbocycles. The van der Waals surface area contributed by atoms with Gasteiger partial charge in [-0.25, -0.2) is 4.79 Å². The lowest BCUT2D eigenvalue weighted by Crippen LogP contribution is -2.02. The minimum Gasteiger partial charge on any atom is -0.465 e. The van der Waals surface area contributed by atoms with Gasteiger partial charge in [-0.15, -0.1) is 0 Å². The summed E-state index contributed by atoms with van der Waals surface area (Å²) in [5, 5.41) is 0.328. The van der Waals surface area contributed by atoms with Gasteiger partial charge in [0.05, 0.1) is 17.7 Å². The molecule has 2 nitrogen and oxygen atoms in total. The number of hydrogen-bond acceptors (Lipinski definition) is 3. The molecule has 0 fully saturated rings. The maximum absolute atomic E-state index is 11.1. The molecule has 1 aromatic rings. The Balaban J connectivity index is 3.15. The summed E-state index contributed by atoms with van der Waals surface area (Å²) in [5.74, 6) is -0.461. The molecule has 0 amide bonds. The molecule has 0 bridgehead atoms. The number of rotatable bonds is 2. The maximum atomic E-state index is 11.1. The number of halogens is 2. The van der Waals surface area contributed by atoms with Crippen LogP contribution in [0.3, 0.4) is 0 Å². The first-order valence-corrected chi connectivity index (χ1v) is 5.38. The van der Waals surface area contributed by atoms with Crippen LogP contribution in [0, 0.1) is 0 Å². The molecule has 13 heavy (non-hydrogen) atoms. The monoisotopic (exact) mass is 236 g/mol. The summed E-state index contributed by atoms with van der Waals surface area (Å²) in [7, 11) is 7.81. The van der Waals surface area contributed by atoms with E-state index in [9.17, 15) is 4.79 Å². The molecule has 1 rings (SSSR count). The highest BCUT2D eigenvalue weighted by molar-refractivity contribution is 8.21. The van der Waals surface area contributed by atoms with Crippen LogP contribution in [0.25, 0.3) is 0 Å². The van der Waals surface area contributed by atoms with Gasteiger partial charge in [0.25, 0.3) is 0 Å². The van der Waals surface area contributed by atoms with E-state index in [0.29, 0.717) is 15.5 Å². The van der Waals surface area contributed by atoms with E-state index in [1.165, 1.54) is 7.11 Å². The molecule has 0 atom stereocenters. The second-order valence-electron chi connectivity index (χ2n) is 2.19. The Labute approximate surface area is 89.7 Å². The minimum absolute atomic E-state index is 0.328. The van der Waals surface area contributed by atoms with Crippen LogP contribution in [-0.2, 0) is 4.74 Å². The summed E-state index contributed by atoms with van der Waals surface area (Å²) in [4.78, 5) is 11.8. The second-order valence-corrected chi connectivity index (χ2v) is 3.62. The highest BCUT2D eigenvalue weighted by Gasteiger charge is 2.12. The van der Waals surface area contributed by atoms with Gasteiger partial charge in [-0.05, 0) is 33.8 Å². The Kier molecular flexibility index (Phi) is 3.90. The predicted octanol–water partition coefficient (Wildman–Crippen LogP) is 3.37. The zero-order valence-electron chi connectivity index (χ0n) is 6.71. The summed E-state index contributed by atoms with van der Waals surface area (Å²) >= 11 is 5.88. The van der Waals surface area contributed by atoms with E-state index in [-0.39, 0.29) is 0 Å². The second kappa shape index (κ2) is 4.74. The standard InChI is InChI=1S/C8H6Cl2O2S/c1-12-8(11)5-3-2-4-6(13-10)7(5)9/h2-4H,1H3. The Morgan fingerprint density at radius 2 is 2.23 bits per heavy atom. The lowest BCUT2D eigenvalue weighted by Gasteiger charge is -2.04. The first-order valence-electron chi connectivity index (χ1n) is 3.36. The van der Waals surface area contributed by atoms with Crippen LogP contribution < -0.4 is 0 Å². The molecule has 0 aliphatic heterocycles. The van der Waals surface area contributed by atoms with E-state index in [1.54, 1.807) is 18.2 Å². The van der Waals surface area contributed by atoms with Crippen LogP contribution in [-0.4, -0.2) is 13.1 Å². The van der Waals surface area contributed by atoms with Crippen molar-refractivity contribution in [2.45, 2.75) is 4.90 Å². The van der Waals surface area contributed by atoms with Crippen molar-refractivity contribution in [2.75, 3.05) is 7.11 Å². The fourth-order valence-corrected chi connectivity index (χ4v) is 1.97. The van der Waals surface area contributed by atoms with Gasteiger partial charge in [0, 0.05) is 4.90 Å². The Bertz CT molecular complexity index is 328. The molecule has 0 aromatic heterocycles. The molecule has 0 unspecified atom stereocenters. The Morgan fingerprint density at radius 3 is 2.77 bits per heavy atom. The van der Waals surface area contributed by atoms with Crippen LogP contribution in [0.4, 0.5) is 0 Å². The van der Waals surface area contributed by atoms with Crippen LogP contribution in [0.15, 0.2) is 23.1 Å². The fourth-order valence-electron chi connectivity index (χ4n) is 0.838. The van der Waals surface area contributed by atoms with Gasteiger partial charge in [-0.1, -0.05) is 17.7 Å². The van der Waals surface area contributed by atoms with Crippen LogP contribution in [0.1, 0.15) is 10.4 Å². The number of benzene rings is 1. The van der Waals surface area contributed by atoms with Crippen molar-refractivity contribution in [3.05, 3.63) is 28.8 Å². The van der Waals surface area contributed by atoms with Crippen molar-refractivity contribution in [3.63, 3.8) is 0 Å². The highest BCUT2D eigenvalue weighted by atomic mass is 35.7. The average Bonchev–Trinajstić information content (AvgIpc) is 2.17. The molecular formula is C8H6Cl2O2S. The molecule has 1 aromatic carbocycles. The molecule has 0 spiro atoms. The molecule has 0 saturated heterocycles. The van der Waals surface area contributed by atoms with Crippen molar-refractivity contribution < 1.29 is 9.53 Å². The zero-order chi connectivity index (χ0) is 9.84. The summed E-state index contributed by atoms with van der Waals surface area (Å²) in [6.45, 7) is 0. The first-order chi connectivity index (χ1) is 6.20. The summed E-state index contributed by atoms with van der Waals surface area (Å²) in [5.41, 5.74) is 0.329. The zero-order valence-corrected chi connectivity index (χ0v) is 9.04. The van der Waals surface area contributed by atoms with E-state index in [0.717, 1.165) is 11.0 Å². The molecule has 5 heteroatoms. The van der Waals surface area contributed by atoms with Gasteiger partial charge >= 0.3 is 5.97 Å². The Hall–Kier alpha value is -0.380. The smallest absolute Gasteiger partial charge is 0.339 e. The number of ether oxygens (including phenoxy) is 1. The summed E-state index contributed by atoms with van der Waals surface area (Å²) in [6.07, 6.45) is 0. The molecule has 0 saturated carbocycles. The minimum atomic E-state index is -0.461. The molecule has 0 N–H and O–H groups in total. The van der Waals surface area contributed by atoms with Gasteiger partial charge in [0.1, 0.15) is 0 Å². The van der Waals surface area contributed by atoms with Gasteiger partial charge in [-0.3, -0.25) is 0 Å². The number of methoxy groups -OCH3 is 1. The third kappa shape index (κ3) is 2.30. The van der Waals surface area contributed by atoms with E-state index < -0.39 is 5.97 Å². The van der Waals surface area contributed by atoms with Crippen LogP contribution in [0.5, 0.6) is 0 Å². The molecular weight excluding hydrogens is 231 g/mol. The quantitative estimate of drug-likeness (QED) is 0.737.